The van der Waals surface area contributed by atoms with E-state index in [1.807, 2.05) is 18.7 Å². The smallest absolute Gasteiger partial charge is 0.245 e. The Bertz CT molecular complexity index is 579. The van der Waals surface area contributed by atoms with Gasteiger partial charge in [0, 0.05) is 31.9 Å². The SMILES string of the molecule is CCN(CC)S(=O)(=O)c1cc(N)ccc1N1CCOCC1. The number of sulfonamides is 1. The number of rotatable bonds is 5. The molecule has 1 saturated heterocycles. The fourth-order valence-corrected chi connectivity index (χ4v) is 4.21. The minimum Gasteiger partial charge on any atom is -0.399 e. The summed E-state index contributed by atoms with van der Waals surface area (Å²) >= 11 is 0. The van der Waals surface area contributed by atoms with Gasteiger partial charge in [0.2, 0.25) is 10.0 Å². The molecule has 0 atom stereocenters. The molecular formula is C14H23N3O3S. The monoisotopic (exact) mass is 313 g/mol. The highest BCUT2D eigenvalue weighted by Crippen LogP contribution is 2.30. The van der Waals surface area contributed by atoms with Crippen LogP contribution < -0.4 is 10.6 Å². The molecule has 0 aliphatic carbocycles. The number of nitrogens with zero attached hydrogens (tertiary/aromatic N) is 2. The second-order valence-electron chi connectivity index (χ2n) is 4.92. The molecule has 21 heavy (non-hydrogen) atoms. The van der Waals surface area contributed by atoms with E-state index < -0.39 is 10.0 Å². The molecule has 0 bridgehead atoms. The molecule has 1 aromatic rings. The van der Waals surface area contributed by atoms with Crippen LogP contribution in [0.2, 0.25) is 0 Å². The Morgan fingerprint density at radius 2 is 1.86 bits per heavy atom. The first-order valence-electron chi connectivity index (χ1n) is 7.23. The second-order valence-corrected chi connectivity index (χ2v) is 6.82. The van der Waals surface area contributed by atoms with Crippen LogP contribution in [0, 0.1) is 0 Å². The van der Waals surface area contributed by atoms with Gasteiger partial charge in [0.1, 0.15) is 4.90 Å². The molecule has 2 N–H and O–H groups in total. The van der Waals surface area contributed by atoms with Crippen LogP contribution in [0.4, 0.5) is 11.4 Å². The van der Waals surface area contributed by atoms with E-state index in [-0.39, 0.29) is 4.90 Å². The van der Waals surface area contributed by atoms with Gasteiger partial charge in [0.25, 0.3) is 0 Å². The molecule has 0 saturated carbocycles. The van der Waals surface area contributed by atoms with Crippen LogP contribution in [0.25, 0.3) is 0 Å². The van der Waals surface area contributed by atoms with E-state index in [1.165, 1.54) is 4.31 Å². The van der Waals surface area contributed by atoms with Crippen LogP contribution in [0.5, 0.6) is 0 Å². The second kappa shape index (κ2) is 6.64. The quantitative estimate of drug-likeness (QED) is 0.825. The topological polar surface area (TPSA) is 75.9 Å². The van der Waals surface area contributed by atoms with E-state index >= 15 is 0 Å². The molecule has 1 aliphatic heterocycles. The number of hydrogen-bond acceptors (Lipinski definition) is 5. The number of nitrogen functional groups attached to an aromatic ring is 1. The van der Waals surface area contributed by atoms with Crippen LogP contribution in [0.15, 0.2) is 23.1 Å². The highest BCUT2D eigenvalue weighted by molar-refractivity contribution is 7.89. The van der Waals surface area contributed by atoms with Gasteiger partial charge in [-0.05, 0) is 18.2 Å². The van der Waals surface area contributed by atoms with Crippen molar-refractivity contribution < 1.29 is 13.2 Å². The van der Waals surface area contributed by atoms with Gasteiger partial charge in [-0.2, -0.15) is 4.31 Å². The van der Waals surface area contributed by atoms with Crippen LogP contribution >= 0.6 is 0 Å². The molecule has 1 fully saturated rings. The van der Waals surface area contributed by atoms with Gasteiger partial charge in [-0.15, -0.1) is 0 Å². The first-order chi connectivity index (χ1) is 10.0. The summed E-state index contributed by atoms with van der Waals surface area (Å²) in [5.41, 5.74) is 6.97. The number of benzene rings is 1. The van der Waals surface area contributed by atoms with Gasteiger partial charge in [0.05, 0.1) is 18.9 Å². The van der Waals surface area contributed by atoms with Crippen molar-refractivity contribution in [2.45, 2.75) is 18.7 Å². The Hall–Kier alpha value is -1.31. The van der Waals surface area contributed by atoms with Gasteiger partial charge in [0.15, 0.2) is 0 Å². The maximum Gasteiger partial charge on any atom is 0.245 e. The minimum absolute atomic E-state index is 0.285. The van der Waals surface area contributed by atoms with E-state index in [0.29, 0.717) is 50.8 Å². The van der Waals surface area contributed by atoms with Crippen molar-refractivity contribution in [3.05, 3.63) is 18.2 Å². The van der Waals surface area contributed by atoms with Gasteiger partial charge in [-0.3, -0.25) is 0 Å². The van der Waals surface area contributed by atoms with Gasteiger partial charge >= 0.3 is 0 Å². The molecule has 7 heteroatoms. The Morgan fingerprint density at radius 3 is 2.43 bits per heavy atom. The number of hydrogen-bond donors (Lipinski definition) is 1. The van der Waals surface area contributed by atoms with Crippen molar-refractivity contribution in [1.82, 2.24) is 4.31 Å². The zero-order valence-electron chi connectivity index (χ0n) is 12.6. The summed E-state index contributed by atoms with van der Waals surface area (Å²) in [5.74, 6) is 0. The van der Waals surface area contributed by atoms with Crippen LogP contribution in [0.3, 0.4) is 0 Å². The van der Waals surface area contributed by atoms with Crippen LogP contribution in [-0.2, 0) is 14.8 Å². The average Bonchev–Trinajstić information content (AvgIpc) is 2.49. The van der Waals surface area contributed by atoms with E-state index in [1.54, 1.807) is 18.2 Å². The molecule has 0 aromatic heterocycles. The van der Waals surface area contributed by atoms with E-state index in [4.69, 9.17) is 10.5 Å². The molecule has 0 unspecified atom stereocenters. The highest BCUT2D eigenvalue weighted by Gasteiger charge is 2.27. The van der Waals surface area contributed by atoms with Crippen LogP contribution in [0.1, 0.15) is 13.8 Å². The molecule has 0 amide bonds. The largest absolute Gasteiger partial charge is 0.399 e. The third-order valence-corrected chi connectivity index (χ3v) is 5.74. The highest BCUT2D eigenvalue weighted by atomic mass is 32.2. The molecule has 1 aromatic carbocycles. The number of ether oxygens (including phenoxy) is 1. The first-order valence-corrected chi connectivity index (χ1v) is 8.67. The maximum absolute atomic E-state index is 12.8. The molecule has 0 spiro atoms. The molecule has 6 nitrogen and oxygen atoms in total. The van der Waals surface area contributed by atoms with E-state index in [9.17, 15) is 8.42 Å². The zero-order chi connectivity index (χ0) is 15.5. The van der Waals surface area contributed by atoms with Crippen molar-refractivity contribution in [2.75, 3.05) is 50.0 Å². The van der Waals surface area contributed by atoms with Gasteiger partial charge < -0.3 is 15.4 Å². The molecule has 0 radical (unpaired) electrons. The van der Waals surface area contributed by atoms with E-state index in [2.05, 4.69) is 0 Å². The minimum atomic E-state index is -3.53. The summed E-state index contributed by atoms with van der Waals surface area (Å²) in [4.78, 5) is 2.33. The van der Waals surface area contributed by atoms with Gasteiger partial charge in [-0.25, -0.2) is 8.42 Å². The molecule has 1 aliphatic rings. The maximum atomic E-state index is 12.8. The fourth-order valence-electron chi connectivity index (χ4n) is 2.51. The Kier molecular flexibility index (Phi) is 5.08. The summed E-state index contributed by atoms with van der Waals surface area (Å²) in [6.07, 6.45) is 0. The number of anilines is 2. The standard InChI is InChI=1S/C14H23N3O3S/c1-3-17(4-2)21(18,19)14-11-12(15)5-6-13(14)16-7-9-20-10-8-16/h5-6,11H,3-4,7-10,15H2,1-2H3. The molecule has 2 rings (SSSR count). The third kappa shape index (κ3) is 3.30. The van der Waals surface area contributed by atoms with Crippen molar-refractivity contribution >= 4 is 21.4 Å². The molecule has 1 heterocycles. The average molecular weight is 313 g/mol. The summed E-state index contributed by atoms with van der Waals surface area (Å²) in [5, 5.41) is 0. The lowest BCUT2D eigenvalue weighted by molar-refractivity contribution is 0.122. The lowest BCUT2D eigenvalue weighted by Crippen LogP contribution is -2.38. The van der Waals surface area contributed by atoms with Crippen molar-refractivity contribution in [3.63, 3.8) is 0 Å². The van der Waals surface area contributed by atoms with Crippen molar-refractivity contribution in [2.24, 2.45) is 0 Å². The Balaban J connectivity index is 2.48. The third-order valence-electron chi connectivity index (χ3n) is 3.66. The lowest BCUT2D eigenvalue weighted by Gasteiger charge is -2.31. The Labute approximate surface area is 126 Å². The number of morpholine rings is 1. The van der Waals surface area contributed by atoms with Gasteiger partial charge in [-0.1, -0.05) is 13.8 Å². The van der Waals surface area contributed by atoms with Crippen molar-refractivity contribution in [1.29, 1.82) is 0 Å². The Morgan fingerprint density at radius 1 is 1.24 bits per heavy atom. The zero-order valence-corrected chi connectivity index (χ0v) is 13.4. The predicted octanol–water partition coefficient (Wildman–Crippen LogP) is 1.14. The fraction of sp³-hybridized carbons (Fsp3) is 0.571. The van der Waals surface area contributed by atoms with Crippen LogP contribution in [-0.4, -0.2) is 52.1 Å². The normalized spacial score (nSPS) is 16.4. The first kappa shape index (κ1) is 16.1. The van der Waals surface area contributed by atoms with E-state index in [0.717, 1.165) is 0 Å². The number of nitrogens with two attached hydrogens (primary N) is 1. The summed E-state index contributed by atoms with van der Waals surface area (Å²) < 4.78 is 32.4. The summed E-state index contributed by atoms with van der Waals surface area (Å²) in [6.45, 7) is 7.13. The lowest BCUT2D eigenvalue weighted by atomic mass is 10.2. The molecule has 118 valence electrons. The summed E-state index contributed by atoms with van der Waals surface area (Å²) in [7, 11) is -3.53. The van der Waals surface area contributed by atoms with Crippen molar-refractivity contribution in [3.8, 4) is 0 Å². The predicted molar refractivity (Wildman–Crippen MR) is 84.0 cm³/mol. The summed E-state index contributed by atoms with van der Waals surface area (Å²) in [6, 6.07) is 5.08. The molecular weight excluding hydrogens is 290 g/mol.